The molecule has 0 heterocycles. The molecule has 1 aliphatic rings. The quantitative estimate of drug-likeness (QED) is 0.895. The Morgan fingerprint density at radius 3 is 2.69 bits per heavy atom. The second-order valence-electron chi connectivity index (χ2n) is 4.05. The molecule has 1 aromatic carbocycles. The van der Waals surface area contributed by atoms with Crippen molar-refractivity contribution in [3.8, 4) is 6.07 Å². The number of benzene rings is 1. The van der Waals surface area contributed by atoms with E-state index in [0.717, 1.165) is 12.8 Å². The molecule has 2 rings (SSSR count). The number of anilines is 1. The molecule has 0 radical (unpaired) electrons. The molecule has 16 heavy (non-hydrogen) atoms. The van der Waals surface area contributed by atoms with Crippen LogP contribution in [-0.4, -0.2) is 6.04 Å². The lowest BCUT2D eigenvalue weighted by Gasteiger charge is -2.15. The third-order valence-corrected chi connectivity index (χ3v) is 3.34. The van der Waals surface area contributed by atoms with Crippen LogP contribution < -0.4 is 5.32 Å². The lowest BCUT2D eigenvalue weighted by Crippen LogP contribution is -2.15. The monoisotopic (exact) mass is 282 g/mol. The third-order valence-electron chi connectivity index (χ3n) is 2.88. The van der Waals surface area contributed by atoms with Gasteiger partial charge in [0.2, 0.25) is 0 Å². The molecule has 0 aliphatic heterocycles. The van der Waals surface area contributed by atoms with E-state index in [0.29, 0.717) is 16.2 Å². The summed E-state index contributed by atoms with van der Waals surface area (Å²) in [6.45, 7) is 0. The highest BCUT2D eigenvalue weighted by Crippen LogP contribution is 2.28. The fraction of sp³-hybridized carbons (Fsp3) is 0.417. The summed E-state index contributed by atoms with van der Waals surface area (Å²) in [5, 5.41) is 12.2. The third kappa shape index (κ3) is 2.35. The molecule has 4 heteroatoms. The number of halogens is 2. The molecule has 84 valence electrons. The van der Waals surface area contributed by atoms with E-state index in [9.17, 15) is 4.39 Å². The smallest absolute Gasteiger partial charge is 0.144 e. The topological polar surface area (TPSA) is 35.8 Å². The molecule has 0 aromatic heterocycles. The van der Waals surface area contributed by atoms with E-state index in [1.807, 2.05) is 6.07 Å². The Balaban J connectivity index is 2.28. The maximum atomic E-state index is 13.5. The van der Waals surface area contributed by atoms with Crippen LogP contribution in [0.2, 0.25) is 0 Å². The minimum Gasteiger partial charge on any atom is -0.381 e. The van der Waals surface area contributed by atoms with Crippen LogP contribution in [0, 0.1) is 17.1 Å². The van der Waals surface area contributed by atoms with Crippen molar-refractivity contribution in [1.29, 1.82) is 5.26 Å². The molecule has 1 N–H and O–H groups in total. The highest BCUT2D eigenvalue weighted by molar-refractivity contribution is 9.10. The van der Waals surface area contributed by atoms with Gasteiger partial charge in [-0.25, -0.2) is 4.39 Å². The Kier molecular flexibility index (Phi) is 3.45. The van der Waals surface area contributed by atoms with Crippen molar-refractivity contribution >= 4 is 21.6 Å². The first-order valence-corrected chi connectivity index (χ1v) is 6.15. The molecule has 1 aliphatic carbocycles. The van der Waals surface area contributed by atoms with Gasteiger partial charge in [0.25, 0.3) is 0 Å². The van der Waals surface area contributed by atoms with Crippen molar-refractivity contribution < 1.29 is 4.39 Å². The van der Waals surface area contributed by atoms with Crippen LogP contribution in [-0.2, 0) is 0 Å². The highest BCUT2D eigenvalue weighted by Gasteiger charge is 2.17. The van der Waals surface area contributed by atoms with Crippen LogP contribution in [0.1, 0.15) is 31.2 Å². The molecule has 0 amide bonds. The molecule has 1 fully saturated rings. The van der Waals surface area contributed by atoms with Gasteiger partial charge in [0.1, 0.15) is 17.4 Å². The van der Waals surface area contributed by atoms with Crippen LogP contribution in [0.5, 0.6) is 0 Å². The summed E-state index contributed by atoms with van der Waals surface area (Å²) in [5.74, 6) is -0.475. The number of nitrogens with zero attached hydrogens (tertiary/aromatic N) is 1. The van der Waals surface area contributed by atoms with Gasteiger partial charge < -0.3 is 5.32 Å². The van der Waals surface area contributed by atoms with E-state index in [1.54, 1.807) is 6.07 Å². The standard InChI is InChI=1S/C12H12BrFN2/c13-8-5-11(14)10(7-15)12(6-8)16-9-3-1-2-4-9/h5-6,9,16H,1-4H2. The lowest BCUT2D eigenvalue weighted by molar-refractivity contribution is 0.622. The van der Waals surface area contributed by atoms with Gasteiger partial charge in [0.05, 0.1) is 5.69 Å². The Bertz CT molecular complexity index is 433. The zero-order valence-corrected chi connectivity index (χ0v) is 10.3. The first-order valence-electron chi connectivity index (χ1n) is 5.36. The summed E-state index contributed by atoms with van der Waals surface area (Å²) in [4.78, 5) is 0. The zero-order chi connectivity index (χ0) is 11.5. The summed E-state index contributed by atoms with van der Waals surface area (Å²) in [7, 11) is 0. The fourth-order valence-electron chi connectivity index (χ4n) is 2.09. The molecule has 0 unspecified atom stereocenters. The lowest BCUT2D eigenvalue weighted by atomic mass is 10.1. The molecule has 0 bridgehead atoms. The normalized spacial score (nSPS) is 16.1. The summed E-state index contributed by atoms with van der Waals surface area (Å²) >= 11 is 3.24. The van der Waals surface area contributed by atoms with E-state index >= 15 is 0 Å². The van der Waals surface area contributed by atoms with Gasteiger partial charge in [-0.1, -0.05) is 28.8 Å². The molecule has 2 nitrogen and oxygen atoms in total. The second kappa shape index (κ2) is 4.84. The SMILES string of the molecule is N#Cc1c(F)cc(Br)cc1NC1CCCC1. The largest absolute Gasteiger partial charge is 0.381 e. The molecule has 0 saturated heterocycles. The van der Waals surface area contributed by atoms with Gasteiger partial charge >= 0.3 is 0 Å². The van der Waals surface area contributed by atoms with Gasteiger partial charge in [-0.15, -0.1) is 0 Å². The van der Waals surface area contributed by atoms with Crippen molar-refractivity contribution in [2.45, 2.75) is 31.7 Å². The number of hydrogen-bond acceptors (Lipinski definition) is 2. The zero-order valence-electron chi connectivity index (χ0n) is 8.76. The maximum absolute atomic E-state index is 13.5. The minimum absolute atomic E-state index is 0.107. The summed E-state index contributed by atoms with van der Waals surface area (Å²) in [5.41, 5.74) is 0.705. The van der Waals surface area contributed by atoms with Crippen LogP contribution in [0.3, 0.4) is 0 Å². The van der Waals surface area contributed by atoms with Crippen molar-refractivity contribution in [1.82, 2.24) is 0 Å². The predicted octanol–water partition coefficient (Wildman–Crippen LogP) is 3.81. The van der Waals surface area contributed by atoms with Gasteiger partial charge in [0.15, 0.2) is 0 Å². The van der Waals surface area contributed by atoms with Crippen molar-refractivity contribution in [3.63, 3.8) is 0 Å². The Labute approximate surface area is 103 Å². The Hall–Kier alpha value is -1.08. The maximum Gasteiger partial charge on any atom is 0.144 e. The van der Waals surface area contributed by atoms with Gasteiger partial charge in [0, 0.05) is 10.5 Å². The number of nitrogens with one attached hydrogen (secondary N) is 1. The van der Waals surface area contributed by atoms with Gasteiger partial charge in [-0.05, 0) is 25.0 Å². The van der Waals surface area contributed by atoms with E-state index in [4.69, 9.17) is 5.26 Å². The molecule has 0 spiro atoms. The first kappa shape index (κ1) is 11.4. The van der Waals surface area contributed by atoms with Gasteiger partial charge in [-0.2, -0.15) is 5.26 Å². The second-order valence-corrected chi connectivity index (χ2v) is 4.96. The Morgan fingerprint density at radius 2 is 2.06 bits per heavy atom. The summed E-state index contributed by atoms with van der Waals surface area (Å²) in [6, 6.07) is 5.36. The molecular formula is C12H12BrFN2. The minimum atomic E-state index is -0.475. The van der Waals surface area contributed by atoms with Crippen LogP contribution in [0.25, 0.3) is 0 Å². The van der Waals surface area contributed by atoms with Crippen LogP contribution in [0.15, 0.2) is 16.6 Å². The molecule has 1 aromatic rings. The van der Waals surface area contributed by atoms with Crippen LogP contribution >= 0.6 is 15.9 Å². The van der Waals surface area contributed by atoms with Crippen LogP contribution in [0.4, 0.5) is 10.1 Å². The number of nitriles is 1. The van der Waals surface area contributed by atoms with E-state index in [1.165, 1.54) is 18.9 Å². The summed E-state index contributed by atoms with van der Waals surface area (Å²) in [6.07, 6.45) is 4.60. The van der Waals surface area contributed by atoms with E-state index in [-0.39, 0.29) is 5.56 Å². The number of hydrogen-bond donors (Lipinski definition) is 1. The Morgan fingerprint density at radius 1 is 1.38 bits per heavy atom. The van der Waals surface area contributed by atoms with Crippen molar-refractivity contribution in [2.24, 2.45) is 0 Å². The fourth-order valence-corrected chi connectivity index (χ4v) is 2.52. The average Bonchev–Trinajstić information content (AvgIpc) is 2.70. The first-order chi connectivity index (χ1) is 7.70. The summed E-state index contributed by atoms with van der Waals surface area (Å²) < 4.78 is 14.1. The average molecular weight is 283 g/mol. The molecule has 0 atom stereocenters. The number of rotatable bonds is 2. The molecular weight excluding hydrogens is 271 g/mol. The highest BCUT2D eigenvalue weighted by atomic mass is 79.9. The molecule has 1 saturated carbocycles. The van der Waals surface area contributed by atoms with Crippen molar-refractivity contribution in [2.75, 3.05) is 5.32 Å². The van der Waals surface area contributed by atoms with E-state index in [2.05, 4.69) is 21.2 Å². The van der Waals surface area contributed by atoms with E-state index < -0.39 is 5.82 Å². The predicted molar refractivity (Wildman–Crippen MR) is 64.7 cm³/mol. The van der Waals surface area contributed by atoms with Crippen molar-refractivity contribution in [3.05, 3.63) is 28.0 Å². The van der Waals surface area contributed by atoms with Gasteiger partial charge in [-0.3, -0.25) is 0 Å².